The first-order chi connectivity index (χ1) is 19.7. The van der Waals surface area contributed by atoms with E-state index in [1.165, 1.54) is 18.1 Å². The number of aromatic amines is 1. The molecule has 2 aromatic carbocycles. The molecule has 208 valence electrons. The fourth-order valence-corrected chi connectivity index (χ4v) is 6.25. The average Bonchev–Trinajstić information content (AvgIpc) is 3.52. The number of aromatic nitrogens is 6. The van der Waals surface area contributed by atoms with Crippen LogP contribution in [0.25, 0.3) is 22.2 Å². The van der Waals surface area contributed by atoms with E-state index in [0.29, 0.717) is 34.2 Å². The Kier molecular flexibility index (Phi) is 6.75. The van der Waals surface area contributed by atoms with E-state index in [9.17, 15) is 13.2 Å². The molecule has 3 N–H and O–H groups in total. The normalized spacial score (nSPS) is 12.6. The van der Waals surface area contributed by atoms with Crippen LogP contribution in [0.4, 0.5) is 11.5 Å². The highest BCUT2D eigenvalue weighted by molar-refractivity contribution is 7.99. The standard InChI is InChI=1S/C28H26N8O3S2/c1-17-12-13-35-24(17)28(37)36(20-9-5-4-6-10-20)27(33-35)18(2)32-26-23-22(15-29-25(23)30-16-31-26)40-21-11-7-8-19(14-21)34-41(3,38)39/h4-16,18,34H,1-3H3,(H2,29,30,31,32). The topological polar surface area (TPSA) is 139 Å². The van der Waals surface area contributed by atoms with Crippen molar-refractivity contribution in [1.29, 1.82) is 0 Å². The Morgan fingerprint density at radius 3 is 2.63 bits per heavy atom. The molecule has 11 nitrogen and oxygen atoms in total. The number of benzene rings is 2. The van der Waals surface area contributed by atoms with E-state index in [0.717, 1.165) is 27.0 Å². The van der Waals surface area contributed by atoms with E-state index in [-0.39, 0.29) is 5.56 Å². The lowest BCUT2D eigenvalue weighted by atomic mass is 10.2. The molecule has 41 heavy (non-hydrogen) atoms. The van der Waals surface area contributed by atoms with E-state index in [1.54, 1.807) is 33.5 Å². The van der Waals surface area contributed by atoms with Crippen molar-refractivity contribution in [3.05, 3.63) is 101 Å². The van der Waals surface area contributed by atoms with Gasteiger partial charge in [-0.25, -0.2) is 22.9 Å². The second kappa shape index (κ2) is 10.4. The van der Waals surface area contributed by atoms with Crippen molar-refractivity contribution in [3.63, 3.8) is 0 Å². The Balaban J connectivity index is 1.40. The smallest absolute Gasteiger partial charge is 0.282 e. The summed E-state index contributed by atoms with van der Waals surface area (Å²) in [7, 11) is -3.40. The van der Waals surface area contributed by atoms with Gasteiger partial charge in [-0.05, 0) is 55.8 Å². The van der Waals surface area contributed by atoms with Gasteiger partial charge in [-0.1, -0.05) is 36.0 Å². The molecule has 1 unspecified atom stereocenters. The highest BCUT2D eigenvalue weighted by atomic mass is 32.2. The van der Waals surface area contributed by atoms with Crippen LogP contribution in [0, 0.1) is 6.92 Å². The summed E-state index contributed by atoms with van der Waals surface area (Å²) in [5, 5.41) is 9.05. The fraction of sp³-hybridized carbons (Fsp3) is 0.143. The number of anilines is 2. The molecule has 4 aromatic heterocycles. The maximum absolute atomic E-state index is 13.7. The molecule has 0 spiro atoms. The van der Waals surface area contributed by atoms with Crippen LogP contribution in [-0.2, 0) is 10.0 Å². The van der Waals surface area contributed by atoms with Crippen molar-refractivity contribution < 1.29 is 8.42 Å². The van der Waals surface area contributed by atoms with Gasteiger partial charge in [-0.15, -0.1) is 0 Å². The maximum Gasteiger partial charge on any atom is 0.282 e. The Morgan fingerprint density at radius 2 is 1.85 bits per heavy atom. The number of rotatable bonds is 8. The van der Waals surface area contributed by atoms with Crippen molar-refractivity contribution in [1.82, 2.24) is 29.1 Å². The minimum atomic E-state index is -3.40. The van der Waals surface area contributed by atoms with E-state index in [4.69, 9.17) is 5.10 Å². The number of H-pyrrole nitrogens is 1. The first-order valence-electron chi connectivity index (χ1n) is 12.7. The second-order valence-electron chi connectivity index (χ2n) is 9.60. The van der Waals surface area contributed by atoms with Crippen LogP contribution in [0.15, 0.2) is 94.0 Å². The van der Waals surface area contributed by atoms with Crippen LogP contribution in [0.1, 0.15) is 24.4 Å². The van der Waals surface area contributed by atoms with Crippen molar-refractivity contribution in [2.24, 2.45) is 0 Å². The second-order valence-corrected chi connectivity index (χ2v) is 12.5. The summed E-state index contributed by atoms with van der Waals surface area (Å²) in [6.45, 7) is 3.82. The molecule has 0 amide bonds. The number of nitrogens with zero attached hydrogens (tertiary/aromatic N) is 5. The van der Waals surface area contributed by atoms with Crippen LogP contribution < -0.4 is 15.6 Å². The summed E-state index contributed by atoms with van der Waals surface area (Å²) in [5.41, 5.74) is 3.03. The Labute approximate surface area is 239 Å². The Morgan fingerprint density at radius 1 is 1.05 bits per heavy atom. The van der Waals surface area contributed by atoms with Crippen LogP contribution in [0.3, 0.4) is 0 Å². The van der Waals surface area contributed by atoms with Gasteiger partial charge in [0.15, 0.2) is 5.82 Å². The van der Waals surface area contributed by atoms with Crippen LogP contribution in [-0.4, -0.2) is 43.8 Å². The van der Waals surface area contributed by atoms with Gasteiger partial charge >= 0.3 is 0 Å². The predicted octanol–water partition coefficient (Wildman–Crippen LogP) is 4.76. The monoisotopic (exact) mass is 586 g/mol. The minimum absolute atomic E-state index is 0.161. The van der Waals surface area contributed by atoms with Gasteiger partial charge in [-0.3, -0.25) is 14.1 Å². The molecule has 0 aliphatic rings. The Bertz CT molecular complexity index is 2070. The molecule has 0 fully saturated rings. The lowest BCUT2D eigenvalue weighted by molar-refractivity contribution is 0.607. The van der Waals surface area contributed by atoms with E-state index in [2.05, 4.69) is 25.0 Å². The van der Waals surface area contributed by atoms with Crippen molar-refractivity contribution in [2.75, 3.05) is 16.3 Å². The lowest BCUT2D eigenvalue weighted by Gasteiger charge is -2.20. The van der Waals surface area contributed by atoms with Gasteiger partial charge in [0.05, 0.1) is 23.4 Å². The van der Waals surface area contributed by atoms with Crippen LogP contribution in [0.5, 0.6) is 0 Å². The number of hydrogen-bond acceptors (Lipinski definition) is 8. The predicted molar refractivity (Wildman–Crippen MR) is 160 cm³/mol. The molecular weight excluding hydrogens is 560 g/mol. The molecule has 0 saturated heterocycles. The summed E-state index contributed by atoms with van der Waals surface area (Å²) in [5.74, 6) is 1.08. The largest absolute Gasteiger partial charge is 0.360 e. The van der Waals surface area contributed by atoms with Crippen LogP contribution >= 0.6 is 11.8 Å². The molecule has 0 bridgehead atoms. The molecule has 0 radical (unpaired) electrons. The maximum atomic E-state index is 13.7. The first-order valence-corrected chi connectivity index (χ1v) is 15.4. The molecular formula is C28H26N8O3S2. The van der Waals surface area contributed by atoms with Gasteiger partial charge in [0.25, 0.3) is 5.56 Å². The lowest BCUT2D eigenvalue weighted by Crippen LogP contribution is -2.29. The van der Waals surface area contributed by atoms with Gasteiger partial charge in [0.2, 0.25) is 10.0 Å². The zero-order valence-corrected chi connectivity index (χ0v) is 24.0. The molecule has 4 heterocycles. The van der Waals surface area contributed by atoms with Gasteiger partial charge in [-0.2, -0.15) is 5.10 Å². The molecule has 1 atom stereocenters. The van der Waals surface area contributed by atoms with E-state index >= 15 is 0 Å². The first kappa shape index (κ1) is 26.6. The highest BCUT2D eigenvalue weighted by Crippen LogP contribution is 2.37. The molecule has 0 aliphatic heterocycles. The molecule has 13 heteroatoms. The minimum Gasteiger partial charge on any atom is -0.360 e. The summed E-state index contributed by atoms with van der Waals surface area (Å²) < 4.78 is 29.2. The zero-order chi connectivity index (χ0) is 28.7. The molecule has 6 rings (SSSR count). The third-order valence-electron chi connectivity index (χ3n) is 6.47. The number of fused-ring (bicyclic) bond motifs is 2. The number of para-hydroxylation sites is 1. The average molecular weight is 587 g/mol. The van der Waals surface area contributed by atoms with Crippen molar-refractivity contribution in [2.45, 2.75) is 29.7 Å². The number of nitrogens with one attached hydrogen (secondary N) is 3. The van der Waals surface area contributed by atoms with E-state index in [1.807, 2.05) is 62.5 Å². The third-order valence-corrected chi connectivity index (χ3v) is 8.10. The SMILES string of the molecule is Cc1ccn2nc(C(C)Nc3ncnc4[nH]cc(Sc5cccc(NS(C)(=O)=O)c5)c34)n(-c3ccccc3)c(=O)c12. The summed E-state index contributed by atoms with van der Waals surface area (Å²) in [6.07, 6.45) is 6.21. The number of hydrogen-bond donors (Lipinski definition) is 3. The van der Waals surface area contributed by atoms with Crippen molar-refractivity contribution in [3.8, 4) is 5.69 Å². The van der Waals surface area contributed by atoms with Crippen LogP contribution in [0.2, 0.25) is 0 Å². The third kappa shape index (κ3) is 5.28. The highest BCUT2D eigenvalue weighted by Gasteiger charge is 2.22. The number of sulfonamides is 1. The molecule has 0 saturated carbocycles. The summed E-state index contributed by atoms with van der Waals surface area (Å²) in [6, 6.07) is 18.0. The Hall–Kier alpha value is -4.62. The summed E-state index contributed by atoms with van der Waals surface area (Å²) >= 11 is 1.45. The fourth-order valence-electron chi connectivity index (χ4n) is 4.70. The summed E-state index contributed by atoms with van der Waals surface area (Å²) in [4.78, 5) is 27.5. The molecule has 0 aliphatic carbocycles. The van der Waals surface area contributed by atoms with E-state index < -0.39 is 16.1 Å². The quantitative estimate of drug-likeness (QED) is 0.232. The van der Waals surface area contributed by atoms with Crippen molar-refractivity contribution >= 4 is 49.8 Å². The van der Waals surface area contributed by atoms with Gasteiger partial charge in [0.1, 0.15) is 23.3 Å². The van der Waals surface area contributed by atoms with Gasteiger partial charge < -0.3 is 10.3 Å². The molecule has 6 aromatic rings. The number of aryl methyl sites for hydroxylation is 1. The van der Waals surface area contributed by atoms with Gasteiger partial charge in [0, 0.05) is 27.9 Å². The zero-order valence-electron chi connectivity index (χ0n) is 22.4.